The van der Waals surface area contributed by atoms with Crippen molar-refractivity contribution in [2.45, 2.75) is 6.04 Å². The molecule has 7 heteroatoms. The maximum Gasteiger partial charge on any atom is 0.163 e. The van der Waals surface area contributed by atoms with Gasteiger partial charge in [0, 0.05) is 49.5 Å². The molecule has 5 aromatic rings. The maximum absolute atomic E-state index is 13.7. The van der Waals surface area contributed by atoms with E-state index in [1.54, 1.807) is 12.4 Å². The molecule has 0 N–H and O–H groups in total. The third kappa shape index (κ3) is 4.78. The van der Waals surface area contributed by atoms with Gasteiger partial charge < -0.3 is 4.90 Å². The van der Waals surface area contributed by atoms with E-state index in [0.29, 0.717) is 5.82 Å². The molecule has 3 aromatic carbocycles. The highest BCUT2D eigenvalue weighted by Gasteiger charge is 2.28. The fraction of sp³-hybridized carbons (Fsp3) is 0.167. The van der Waals surface area contributed by atoms with E-state index in [1.165, 1.54) is 24.3 Å². The van der Waals surface area contributed by atoms with Gasteiger partial charge in [-0.3, -0.25) is 9.88 Å². The van der Waals surface area contributed by atoms with E-state index in [-0.39, 0.29) is 17.7 Å². The van der Waals surface area contributed by atoms with Crippen molar-refractivity contribution in [1.29, 1.82) is 0 Å². The molecule has 5 nitrogen and oxygen atoms in total. The van der Waals surface area contributed by atoms with Gasteiger partial charge in [-0.05, 0) is 59.7 Å². The molecule has 2 aromatic heterocycles. The van der Waals surface area contributed by atoms with Crippen LogP contribution in [0.25, 0.3) is 22.3 Å². The number of nitrogens with zero attached hydrogens (tertiary/aromatic N) is 5. The molecule has 0 aliphatic carbocycles. The summed E-state index contributed by atoms with van der Waals surface area (Å²) in [5.41, 5.74) is 3.73. The first kappa shape index (κ1) is 23.2. The third-order valence-corrected chi connectivity index (χ3v) is 6.85. The van der Waals surface area contributed by atoms with Gasteiger partial charge in [-0.15, -0.1) is 0 Å². The molecule has 3 heterocycles. The molecule has 0 spiro atoms. The fourth-order valence-corrected chi connectivity index (χ4v) is 5.02. The lowest BCUT2D eigenvalue weighted by molar-refractivity contribution is 0.212. The molecule has 37 heavy (non-hydrogen) atoms. The molecule has 1 fully saturated rings. The van der Waals surface area contributed by atoms with Gasteiger partial charge in [0.1, 0.15) is 17.5 Å². The highest BCUT2D eigenvalue weighted by molar-refractivity contribution is 5.91. The number of pyridine rings is 1. The molecule has 0 atom stereocenters. The summed E-state index contributed by atoms with van der Waals surface area (Å²) < 4.78 is 27.4. The van der Waals surface area contributed by atoms with Crippen LogP contribution in [0.1, 0.15) is 17.2 Å². The molecule has 6 rings (SSSR count). The van der Waals surface area contributed by atoms with Crippen LogP contribution in [0.5, 0.6) is 0 Å². The van der Waals surface area contributed by atoms with Crippen LogP contribution in [0.2, 0.25) is 0 Å². The average Bonchev–Trinajstić information content (AvgIpc) is 2.95. The van der Waals surface area contributed by atoms with Crippen molar-refractivity contribution in [2.75, 3.05) is 31.1 Å². The number of piperazine rings is 1. The van der Waals surface area contributed by atoms with Crippen LogP contribution in [0.15, 0.2) is 97.3 Å². The van der Waals surface area contributed by atoms with E-state index < -0.39 is 0 Å². The van der Waals surface area contributed by atoms with Gasteiger partial charge >= 0.3 is 0 Å². The van der Waals surface area contributed by atoms with Crippen molar-refractivity contribution in [1.82, 2.24) is 19.9 Å². The van der Waals surface area contributed by atoms with Gasteiger partial charge in [0.2, 0.25) is 0 Å². The summed E-state index contributed by atoms with van der Waals surface area (Å²) in [5.74, 6) is 1.02. The Morgan fingerprint density at radius 2 is 1.32 bits per heavy atom. The monoisotopic (exact) mass is 493 g/mol. The first-order valence-electron chi connectivity index (χ1n) is 12.3. The number of rotatable bonds is 5. The molecule has 1 saturated heterocycles. The highest BCUT2D eigenvalue weighted by Crippen LogP contribution is 2.33. The minimum absolute atomic E-state index is 0.101. The molecule has 0 saturated carbocycles. The summed E-state index contributed by atoms with van der Waals surface area (Å²) in [4.78, 5) is 18.7. The first-order valence-corrected chi connectivity index (χ1v) is 12.3. The van der Waals surface area contributed by atoms with Crippen LogP contribution >= 0.6 is 0 Å². The van der Waals surface area contributed by atoms with Crippen molar-refractivity contribution in [3.05, 3.63) is 120 Å². The normalized spacial score (nSPS) is 14.4. The first-order chi connectivity index (χ1) is 18.2. The molecular weight excluding hydrogens is 468 g/mol. The van der Waals surface area contributed by atoms with Gasteiger partial charge in [0.15, 0.2) is 5.82 Å². The molecule has 0 bridgehead atoms. The number of anilines is 1. The predicted octanol–water partition coefficient (Wildman–Crippen LogP) is 5.88. The zero-order chi connectivity index (χ0) is 25.2. The Labute approximate surface area is 214 Å². The Balaban J connectivity index is 1.31. The van der Waals surface area contributed by atoms with E-state index in [1.807, 2.05) is 54.6 Å². The average molecular weight is 494 g/mol. The molecule has 184 valence electrons. The second-order valence-electron chi connectivity index (χ2n) is 9.16. The topological polar surface area (TPSA) is 45.2 Å². The smallest absolute Gasteiger partial charge is 0.163 e. The second-order valence-corrected chi connectivity index (χ2v) is 9.16. The number of fused-ring (bicyclic) bond motifs is 1. The standard InChI is InChI=1S/C30H25F2N5/c31-24-11-7-21(8-12-24)28(22-9-13-25(32)14-10-22)36-16-18-37(19-17-36)30-26-5-1-2-6-27(26)34-29(35-30)23-4-3-15-33-20-23/h1-15,20,28H,16-19H2. The number of hydrogen-bond donors (Lipinski definition) is 0. The van der Waals surface area contributed by atoms with Crippen LogP contribution in [0.3, 0.4) is 0 Å². The summed E-state index contributed by atoms with van der Waals surface area (Å²) >= 11 is 0. The lowest BCUT2D eigenvalue weighted by Crippen LogP contribution is -2.48. The van der Waals surface area contributed by atoms with Crippen LogP contribution in [0, 0.1) is 11.6 Å². The Bertz CT molecular complexity index is 1450. The van der Waals surface area contributed by atoms with Crippen molar-refractivity contribution < 1.29 is 8.78 Å². The van der Waals surface area contributed by atoms with Gasteiger partial charge in [-0.2, -0.15) is 0 Å². The lowest BCUT2D eigenvalue weighted by atomic mass is 9.96. The summed E-state index contributed by atoms with van der Waals surface area (Å²) in [6.45, 7) is 3.04. The van der Waals surface area contributed by atoms with Gasteiger partial charge in [0.25, 0.3) is 0 Å². The lowest BCUT2D eigenvalue weighted by Gasteiger charge is -2.40. The number of para-hydroxylation sites is 1. The summed E-state index contributed by atoms with van der Waals surface area (Å²) in [7, 11) is 0. The molecule has 1 aliphatic rings. The maximum atomic E-state index is 13.7. The van der Waals surface area contributed by atoms with Crippen molar-refractivity contribution in [3.63, 3.8) is 0 Å². The minimum atomic E-state index is -0.272. The number of hydrogen-bond acceptors (Lipinski definition) is 5. The molecule has 0 radical (unpaired) electrons. The van der Waals surface area contributed by atoms with Gasteiger partial charge in [-0.1, -0.05) is 36.4 Å². The fourth-order valence-electron chi connectivity index (χ4n) is 5.02. The quantitative estimate of drug-likeness (QED) is 0.306. The summed E-state index contributed by atoms with van der Waals surface area (Å²) in [5, 5.41) is 1.01. The minimum Gasteiger partial charge on any atom is -0.353 e. The Morgan fingerprint density at radius 3 is 1.95 bits per heavy atom. The van der Waals surface area contributed by atoms with Crippen molar-refractivity contribution >= 4 is 16.7 Å². The zero-order valence-corrected chi connectivity index (χ0v) is 20.1. The molecule has 0 unspecified atom stereocenters. The van der Waals surface area contributed by atoms with E-state index >= 15 is 0 Å². The SMILES string of the molecule is Fc1ccc(C(c2ccc(F)cc2)N2CCN(c3nc(-c4cccnc4)nc4ccccc34)CC2)cc1. The van der Waals surface area contributed by atoms with E-state index in [2.05, 4.69) is 20.9 Å². The molecule has 0 amide bonds. The number of benzene rings is 3. The van der Waals surface area contributed by atoms with Gasteiger partial charge in [-0.25, -0.2) is 18.7 Å². The van der Waals surface area contributed by atoms with Crippen LogP contribution in [0.4, 0.5) is 14.6 Å². The van der Waals surface area contributed by atoms with E-state index in [4.69, 9.17) is 9.97 Å². The third-order valence-electron chi connectivity index (χ3n) is 6.85. The Hall–Kier alpha value is -4.23. The molecular formula is C30H25F2N5. The highest BCUT2D eigenvalue weighted by atomic mass is 19.1. The Kier molecular flexibility index (Phi) is 6.28. The van der Waals surface area contributed by atoms with Crippen molar-refractivity contribution in [3.8, 4) is 11.4 Å². The number of halogens is 2. The summed E-state index contributed by atoms with van der Waals surface area (Å²) in [6.07, 6.45) is 3.52. The molecule has 1 aliphatic heterocycles. The van der Waals surface area contributed by atoms with Gasteiger partial charge in [0.05, 0.1) is 11.6 Å². The largest absolute Gasteiger partial charge is 0.353 e. The summed E-state index contributed by atoms with van der Waals surface area (Å²) in [6, 6.07) is 25.0. The predicted molar refractivity (Wildman–Crippen MR) is 141 cm³/mol. The van der Waals surface area contributed by atoms with Crippen LogP contribution < -0.4 is 4.90 Å². The van der Waals surface area contributed by atoms with Crippen LogP contribution in [-0.4, -0.2) is 46.0 Å². The van der Waals surface area contributed by atoms with Crippen LogP contribution in [-0.2, 0) is 0 Å². The van der Waals surface area contributed by atoms with Crippen molar-refractivity contribution in [2.24, 2.45) is 0 Å². The Morgan fingerprint density at radius 1 is 0.676 bits per heavy atom. The van der Waals surface area contributed by atoms with E-state index in [9.17, 15) is 8.78 Å². The second kappa shape index (κ2) is 10.0. The van der Waals surface area contributed by atoms with E-state index in [0.717, 1.165) is 59.6 Å². The number of aromatic nitrogens is 3. The zero-order valence-electron chi connectivity index (χ0n) is 20.1.